The van der Waals surface area contributed by atoms with Crippen LogP contribution in [0.1, 0.15) is 18.1 Å². The molecule has 0 unspecified atom stereocenters. The summed E-state index contributed by atoms with van der Waals surface area (Å²) in [6.07, 6.45) is -6.47. The normalized spacial score (nSPS) is 14.2. The molecule has 2 atom stereocenters. The zero-order chi connectivity index (χ0) is 14.6. The first kappa shape index (κ1) is 18.8. The van der Waals surface area contributed by atoms with Crippen LogP contribution in [0.3, 0.4) is 0 Å². The number of benzene rings is 1. The van der Waals surface area contributed by atoms with Crippen molar-refractivity contribution in [1.29, 1.82) is 0 Å². The van der Waals surface area contributed by atoms with E-state index < -0.39 is 24.7 Å². The van der Waals surface area contributed by atoms with Crippen molar-refractivity contribution in [2.75, 3.05) is 14.2 Å². The number of alkyl halides is 3. The Morgan fingerprint density at radius 1 is 1.20 bits per heavy atom. The van der Waals surface area contributed by atoms with Gasteiger partial charge in [0.1, 0.15) is 6.04 Å². The van der Waals surface area contributed by atoms with Crippen molar-refractivity contribution >= 4 is 12.4 Å². The number of hydrogen-bond acceptors (Lipinski definition) is 4. The molecule has 0 heterocycles. The summed E-state index contributed by atoms with van der Waals surface area (Å²) in [6.45, 7) is 0. The number of aliphatic hydroxyl groups is 1. The molecule has 0 aliphatic heterocycles. The van der Waals surface area contributed by atoms with E-state index in [1.54, 1.807) is 0 Å². The lowest BCUT2D eigenvalue weighted by molar-refractivity contribution is -0.153. The highest BCUT2D eigenvalue weighted by atomic mass is 35.5. The Balaban J connectivity index is 0.00000361. The second-order valence-electron chi connectivity index (χ2n) is 4.01. The number of nitrogens with two attached hydrogens (primary N) is 1. The Morgan fingerprint density at radius 2 is 1.75 bits per heavy atom. The molecule has 0 fully saturated rings. The molecule has 1 aromatic carbocycles. The summed E-state index contributed by atoms with van der Waals surface area (Å²) in [7, 11) is 2.84. The lowest BCUT2D eigenvalue weighted by atomic mass is 10.0. The maximum atomic E-state index is 12.3. The summed E-state index contributed by atoms with van der Waals surface area (Å²) in [5.74, 6) is 0.762. The van der Waals surface area contributed by atoms with E-state index in [9.17, 15) is 18.3 Å². The van der Waals surface area contributed by atoms with E-state index in [0.29, 0.717) is 11.5 Å². The van der Waals surface area contributed by atoms with Crippen LogP contribution >= 0.6 is 12.4 Å². The highest BCUT2D eigenvalue weighted by Crippen LogP contribution is 2.32. The summed E-state index contributed by atoms with van der Waals surface area (Å²) < 4.78 is 46.9. The summed E-state index contributed by atoms with van der Waals surface area (Å²) in [6, 6.07) is 2.33. The maximum Gasteiger partial charge on any atom is 0.403 e. The first-order valence-corrected chi connectivity index (χ1v) is 5.52. The third-order valence-electron chi connectivity index (χ3n) is 2.69. The fourth-order valence-corrected chi connectivity index (χ4v) is 1.57. The van der Waals surface area contributed by atoms with Crippen molar-refractivity contribution in [3.63, 3.8) is 0 Å². The summed E-state index contributed by atoms with van der Waals surface area (Å²) in [4.78, 5) is 0. The maximum absolute atomic E-state index is 12.3. The monoisotopic (exact) mass is 315 g/mol. The molecule has 0 aromatic heterocycles. The summed E-state index contributed by atoms with van der Waals surface area (Å²) in [5, 5.41) is 9.76. The topological polar surface area (TPSA) is 64.7 Å². The van der Waals surface area contributed by atoms with Crippen LogP contribution in [0.4, 0.5) is 13.2 Å². The van der Waals surface area contributed by atoms with Crippen LogP contribution < -0.4 is 15.2 Å². The third-order valence-corrected chi connectivity index (χ3v) is 2.69. The highest BCUT2D eigenvalue weighted by molar-refractivity contribution is 5.85. The van der Waals surface area contributed by atoms with E-state index in [1.165, 1.54) is 32.4 Å². The molecule has 1 rings (SSSR count). The summed E-state index contributed by atoms with van der Waals surface area (Å²) in [5.41, 5.74) is 5.26. The number of hydrogen-bond donors (Lipinski definition) is 2. The van der Waals surface area contributed by atoms with Crippen molar-refractivity contribution in [3.8, 4) is 11.5 Å². The third kappa shape index (κ3) is 4.73. The lowest BCUT2D eigenvalue weighted by Gasteiger charge is -2.20. The molecule has 116 valence electrons. The number of rotatable bonds is 5. The molecule has 0 saturated carbocycles. The van der Waals surface area contributed by atoms with Gasteiger partial charge in [0.2, 0.25) is 0 Å². The molecular weight excluding hydrogens is 299 g/mol. The van der Waals surface area contributed by atoms with Crippen LogP contribution in [-0.2, 0) is 0 Å². The van der Waals surface area contributed by atoms with Gasteiger partial charge in [-0.1, -0.05) is 6.07 Å². The Labute approximate surface area is 121 Å². The van der Waals surface area contributed by atoms with Crippen LogP contribution in [0, 0.1) is 0 Å². The van der Waals surface area contributed by atoms with Crippen molar-refractivity contribution in [2.45, 2.75) is 24.7 Å². The van der Waals surface area contributed by atoms with Crippen LogP contribution in [-0.4, -0.2) is 31.5 Å². The minimum absolute atomic E-state index is 0. The van der Waals surface area contributed by atoms with Crippen LogP contribution in [0.25, 0.3) is 0 Å². The average Bonchev–Trinajstić information content (AvgIpc) is 2.36. The number of methoxy groups -OCH3 is 2. The van der Waals surface area contributed by atoms with E-state index >= 15 is 0 Å². The second-order valence-corrected chi connectivity index (χ2v) is 4.01. The Bertz CT molecular complexity index is 429. The zero-order valence-corrected chi connectivity index (χ0v) is 11.8. The summed E-state index contributed by atoms with van der Waals surface area (Å²) >= 11 is 0. The van der Waals surface area contributed by atoms with Gasteiger partial charge in [0.25, 0.3) is 0 Å². The quantitative estimate of drug-likeness (QED) is 0.876. The SMILES string of the molecule is COc1ccc([C@@H](O)C[C@@H](N)C(F)(F)F)cc1OC.Cl. The van der Waals surface area contributed by atoms with E-state index in [1.807, 2.05) is 0 Å². The molecule has 8 heteroatoms. The second kappa shape index (κ2) is 7.56. The van der Waals surface area contributed by atoms with Crippen molar-refractivity contribution in [2.24, 2.45) is 5.73 Å². The molecule has 3 N–H and O–H groups in total. The zero-order valence-electron chi connectivity index (χ0n) is 11.0. The molecule has 4 nitrogen and oxygen atoms in total. The molecule has 0 saturated heterocycles. The van der Waals surface area contributed by atoms with E-state index in [4.69, 9.17) is 15.2 Å². The van der Waals surface area contributed by atoms with Gasteiger partial charge >= 0.3 is 6.18 Å². The first-order chi connectivity index (χ1) is 8.79. The van der Waals surface area contributed by atoms with E-state index in [0.717, 1.165) is 0 Å². The highest BCUT2D eigenvalue weighted by Gasteiger charge is 2.38. The number of ether oxygens (including phenoxy) is 2. The fourth-order valence-electron chi connectivity index (χ4n) is 1.57. The molecule has 0 aliphatic carbocycles. The largest absolute Gasteiger partial charge is 0.493 e. The van der Waals surface area contributed by atoms with Gasteiger partial charge in [0, 0.05) is 6.42 Å². The minimum atomic E-state index is -4.53. The molecule has 0 radical (unpaired) electrons. The molecular formula is C12H17ClF3NO3. The predicted molar refractivity (Wildman–Crippen MR) is 70.4 cm³/mol. The van der Waals surface area contributed by atoms with Gasteiger partial charge in [-0.3, -0.25) is 0 Å². The molecule has 20 heavy (non-hydrogen) atoms. The van der Waals surface area contributed by atoms with Gasteiger partial charge in [0.05, 0.1) is 20.3 Å². The van der Waals surface area contributed by atoms with Crippen LogP contribution in [0.15, 0.2) is 18.2 Å². The van der Waals surface area contributed by atoms with Crippen LogP contribution in [0.5, 0.6) is 11.5 Å². The van der Waals surface area contributed by atoms with Gasteiger partial charge in [0.15, 0.2) is 11.5 Å². The van der Waals surface area contributed by atoms with Crippen molar-refractivity contribution in [3.05, 3.63) is 23.8 Å². The number of halogens is 4. The van der Waals surface area contributed by atoms with Gasteiger partial charge in [-0.2, -0.15) is 13.2 Å². The molecule has 1 aromatic rings. The predicted octanol–water partition coefficient (Wildman–Crippen LogP) is 2.44. The average molecular weight is 316 g/mol. The smallest absolute Gasteiger partial charge is 0.403 e. The minimum Gasteiger partial charge on any atom is -0.493 e. The van der Waals surface area contributed by atoms with Crippen LogP contribution in [0.2, 0.25) is 0 Å². The lowest BCUT2D eigenvalue weighted by Crippen LogP contribution is -2.38. The Morgan fingerprint density at radius 3 is 2.20 bits per heavy atom. The van der Waals surface area contributed by atoms with Gasteiger partial charge in [-0.15, -0.1) is 12.4 Å². The Kier molecular flexibility index (Phi) is 7.12. The molecule has 0 spiro atoms. The first-order valence-electron chi connectivity index (χ1n) is 5.52. The van der Waals surface area contributed by atoms with E-state index in [2.05, 4.69) is 0 Å². The van der Waals surface area contributed by atoms with Gasteiger partial charge < -0.3 is 20.3 Å². The van der Waals surface area contributed by atoms with E-state index in [-0.39, 0.29) is 18.0 Å². The molecule has 0 amide bonds. The number of aliphatic hydroxyl groups excluding tert-OH is 1. The van der Waals surface area contributed by atoms with Crippen molar-refractivity contribution < 1.29 is 27.8 Å². The standard InChI is InChI=1S/C12H16F3NO3.ClH/c1-18-9-4-3-7(5-10(9)19-2)8(17)6-11(16)12(13,14)15;/h3-5,8,11,17H,6,16H2,1-2H3;1H/t8-,11+;/m0./s1. The van der Waals surface area contributed by atoms with Gasteiger partial charge in [-0.25, -0.2) is 0 Å². The van der Waals surface area contributed by atoms with Gasteiger partial charge in [-0.05, 0) is 17.7 Å². The Hall–Kier alpha value is -1.18. The van der Waals surface area contributed by atoms with Crippen molar-refractivity contribution in [1.82, 2.24) is 0 Å². The molecule has 0 bridgehead atoms. The fraction of sp³-hybridized carbons (Fsp3) is 0.500. The molecule has 0 aliphatic rings.